The Morgan fingerprint density at radius 2 is 1.97 bits per heavy atom. The van der Waals surface area contributed by atoms with E-state index in [9.17, 15) is 10.2 Å². The lowest BCUT2D eigenvalue weighted by atomic mass is 9.73. The summed E-state index contributed by atoms with van der Waals surface area (Å²) in [6, 6.07) is 8.62. The zero-order chi connectivity index (χ0) is 22.0. The van der Waals surface area contributed by atoms with Crippen molar-refractivity contribution in [2.24, 2.45) is 5.92 Å². The molecule has 2 aromatic carbocycles. The molecule has 5 heteroatoms. The molecule has 0 amide bonds. The lowest BCUT2D eigenvalue weighted by Gasteiger charge is -2.34. The number of rotatable bonds is 6. The summed E-state index contributed by atoms with van der Waals surface area (Å²) >= 11 is 0. The number of allylic oxidation sites excluding steroid dienone is 2. The van der Waals surface area contributed by atoms with Gasteiger partial charge in [0.05, 0.1) is 20.3 Å². The zero-order valence-corrected chi connectivity index (χ0v) is 17.9. The fraction of sp³-hybridized carbons (Fsp3) is 0.360. The Bertz CT molecular complexity index is 979. The average molecular weight is 413 g/mol. The molecule has 2 N–H and O–H groups in total. The third-order valence-electron chi connectivity index (χ3n) is 5.79. The molecule has 0 radical (unpaired) electrons. The third kappa shape index (κ3) is 4.21. The number of ether oxygens (including phenoxy) is 2. The minimum Gasteiger partial charge on any atom is -0.505 e. The van der Waals surface area contributed by atoms with E-state index in [-0.39, 0.29) is 17.4 Å². The quantitative estimate of drug-likeness (QED) is 0.607. The summed E-state index contributed by atoms with van der Waals surface area (Å²) < 4.78 is 26.2. The molecule has 0 spiro atoms. The monoisotopic (exact) mass is 412 g/mol. The van der Waals surface area contributed by atoms with Crippen molar-refractivity contribution in [3.63, 3.8) is 0 Å². The first kappa shape index (κ1) is 21.9. The summed E-state index contributed by atoms with van der Waals surface area (Å²) in [6.45, 7) is 7.77. The van der Waals surface area contributed by atoms with Gasteiger partial charge in [-0.25, -0.2) is 4.39 Å². The van der Waals surface area contributed by atoms with E-state index in [4.69, 9.17) is 9.47 Å². The number of phenolic OH excluding ortho intramolecular Hbond substituents is 1. The van der Waals surface area contributed by atoms with Gasteiger partial charge < -0.3 is 19.7 Å². The number of phenols is 1. The van der Waals surface area contributed by atoms with E-state index in [1.165, 1.54) is 7.11 Å². The van der Waals surface area contributed by atoms with Crippen LogP contribution in [0.2, 0.25) is 0 Å². The van der Waals surface area contributed by atoms with Crippen LogP contribution in [0.25, 0.3) is 11.1 Å². The van der Waals surface area contributed by atoms with Gasteiger partial charge in [0.1, 0.15) is 11.5 Å². The minimum absolute atomic E-state index is 0.0249. The van der Waals surface area contributed by atoms with E-state index in [0.717, 1.165) is 11.1 Å². The fourth-order valence-corrected chi connectivity index (χ4v) is 4.25. The van der Waals surface area contributed by atoms with Crippen molar-refractivity contribution in [3.05, 3.63) is 65.5 Å². The molecule has 2 aromatic rings. The third-order valence-corrected chi connectivity index (χ3v) is 5.79. The Kier molecular flexibility index (Phi) is 6.52. The maximum atomic E-state index is 15.4. The van der Waals surface area contributed by atoms with Crippen molar-refractivity contribution in [2.75, 3.05) is 14.2 Å². The normalized spacial score (nSPS) is 21.1. The number of hydrogen-bond acceptors (Lipinski definition) is 4. The van der Waals surface area contributed by atoms with Crippen molar-refractivity contribution in [3.8, 4) is 28.4 Å². The highest BCUT2D eigenvalue weighted by atomic mass is 19.1. The van der Waals surface area contributed by atoms with Crippen LogP contribution in [0.5, 0.6) is 17.2 Å². The Balaban J connectivity index is 2.17. The molecule has 1 aliphatic rings. The van der Waals surface area contributed by atoms with Gasteiger partial charge in [0.15, 0.2) is 11.6 Å². The molecule has 160 valence electrons. The Morgan fingerprint density at radius 1 is 1.23 bits per heavy atom. The van der Waals surface area contributed by atoms with Crippen molar-refractivity contribution in [2.45, 2.75) is 38.7 Å². The van der Waals surface area contributed by atoms with Gasteiger partial charge in [0.25, 0.3) is 0 Å². The number of benzene rings is 2. The van der Waals surface area contributed by atoms with E-state index < -0.39 is 17.7 Å². The van der Waals surface area contributed by atoms with Gasteiger partial charge in [-0.15, -0.1) is 6.58 Å². The van der Waals surface area contributed by atoms with E-state index in [1.54, 1.807) is 37.4 Å². The van der Waals surface area contributed by atoms with Gasteiger partial charge >= 0.3 is 0 Å². The van der Waals surface area contributed by atoms with Crippen molar-refractivity contribution >= 4 is 0 Å². The van der Waals surface area contributed by atoms with Crippen LogP contribution in [0, 0.1) is 11.7 Å². The molecule has 0 fully saturated rings. The van der Waals surface area contributed by atoms with Crippen molar-refractivity contribution < 1.29 is 24.1 Å². The van der Waals surface area contributed by atoms with Crippen LogP contribution in [0.4, 0.5) is 4.39 Å². The molecule has 1 aliphatic carbocycles. The number of methoxy groups -OCH3 is 2. The van der Waals surface area contributed by atoms with Crippen molar-refractivity contribution in [1.82, 2.24) is 0 Å². The summed E-state index contributed by atoms with van der Waals surface area (Å²) in [5.74, 6) is -0.453. The van der Waals surface area contributed by atoms with Crippen LogP contribution in [0.1, 0.15) is 38.2 Å². The van der Waals surface area contributed by atoms with Crippen LogP contribution in [-0.2, 0) is 0 Å². The summed E-state index contributed by atoms with van der Waals surface area (Å²) in [5, 5.41) is 21.3. The van der Waals surface area contributed by atoms with Gasteiger partial charge in [-0.05, 0) is 61.9 Å². The average Bonchev–Trinajstić information content (AvgIpc) is 2.72. The maximum Gasteiger partial charge on any atom is 0.173 e. The standard InChI is InChI=1S/C25H29FO4/c1-14(2)9-17-12-21(27)15(3)10-19(17)23-22(30-5)13-20(24(26)25(23)28)16-7-6-8-18(11-16)29-4/h6-8,10-11,13,17,19,21,27-28H,1,9,12H2,2-5H3/t17-,19-,21+/m1/s1. The Labute approximate surface area is 177 Å². The van der Waals surface area contributed by atoms with Gasteiger partial charge in [0, 0.05) is 17.0 Å². The first-order chi connectivity index (χ1) is 14.3. The van der Waals surface area contributed by atoms with Crippen LogP contribution in [0.15, 0.2) is 54.1 Å². The molecule has 3 atom stereocenters. The van der Waals surface area contributed by atoms with Crippen LogP contribution < -0.4 is 9.47 Å². The molecule has 0 saturated carbocycles. The summed E-state index contributed by atoms with van der Waals surface area (Å²) in [4.78, 5) is 0. The highest BCUT2D eigenvalue weighted by Crippen LogP contribution is 2.49. The second-order valence-electron chi connectivity index (χ2n) is 8.04. The molecular formula is C25H29FO4. The molecule has 30 heavy (non-hydrogen) atoms. The maximum absolute atomic E-state index is 15.4. The molecule has 0 bridgehead atoms. The predicted molar refractivity (Wildman–Crippen MR) is 117 cm³/mol. The van der Waals surface area contributed by atoms with E-state index in [2.05, 4.69) is 6.58 Å². The van der Waals surface area contributed by atoms with Gasteiger partial charge in [0.2, 0.25) is 0 Å². The summed E-state index contributed by atoms with van der Waals surface area (Å²) in [7, 11) is 3.05. The minimum atomic E-state index is -0.703. The molecule has 0 saturated heterocycles. The van der Waals surface area contributed by atoms with Crippen LogP contribution >= 0.6 is 0 Å². The SMILES string of the molecule is C=C(C)C[C@@H]1C[C@H](O)C(C)=C[C@H]1c1c(OC)cc(-c2cccc(OC)c2)c(F)c1O. The van der Waals surface area contributed by atoms with E-state index in [0.29, 0.717) is 35.5 Å². The number of aliphatic hydroxyl groups excluding tert-OH is 1. The highest BCUT2D eigenvalue weighted by Gasteiger charge is 2.34. The first-order valence-electron chi connectivity index (χ1n) is 10.0. The largest absolute Gasteiger partial charge is 0.505 e. The zero-order valence-electron chi connectivity index (χ0n) is 17.9. The lowest BCUT2D eigenvalue weighted by Crippen LogP contribution is -2.26. The number of halogens is 1. The second-order valence-corrected chi connectivity index (χ2v) is 8.04. The molecular weight excluding hydrogens is 383 g/mol. The van der Waals surface area contributed by atoms with Gasteiger partial charge in [-0.3, -0.25) is 0 Å². The summed E-state index contributed by atoms with van der Waals surface area (Å²) in [5.41, 5.74) is 2.99. The lowest BCUT2D eigenvalue weighted by molar-refractivity contribution is 0.157. The van der Waals surface area contributed by atoms with E-state index in [1.807, 2.05) is 19.9 Å². The number of aliphatic hydroxyl groups is 1. The van der Waals surface area contributed by atoms with Crippen molar-refractivity contribution in [1.29, 1.82) is 0 Å². The van der Waals surface area contributed by atoms with E-state index >= 15 is 4.39 Å². The van der Waals surface area contributed by atoms with Crippen LogP contribution in [-0.4, -0.2) is 30.5 Å². The molecule has 0 aromatic heterocycles. The second kappa shape index (κ2) is 8.92. The smallest absolute Gasteiger partial charge is 0.173 e. The molecule has 4 nitrogen and oxygen atoms in total. The molecule has 3 rings (SSSR count). The fourth-order valence-electron chi connectivity index (χ4n) is 4.25. The molecule has 0 aliphatic heterocycles. The Morgan fingerprint density at radius 3 is 2.60 bits per heavy atom. The number of hydrogen-bond donors (Lipinski definition) is 2. The van der Waals surface area contributed by atoms with Crippen LogP contribution in [0.3, 0.4) is 0 Å². The van der Waals surface area contributed by atoms with Gasteiger partial charge in [-0.1, -0.05) is 23.8 Å². The predicted octanol–water partition coefficient (Wildman–Crippen LogP) is 5.59. The molecule has 0 heterocycles. The first-order valence-corrected chi connectivity index (χ1v) is 10.0. The topological polar surface area (TPSA) is 58.9 Å². The highest BCUT2D eigenvalue weighted by molar-refractivity contribution is 5.72. The molecule has 0 unspecified atom stereocenters. The summed E-state index contributed by atoms with van der Waals surface area (Å²) in [6.07, 6.45) is 2.53. The number of aromatic hydroxyl groups is 1. The Hall–Kier alpha value is -2.79. The van der Waals surface area contributed by atoms with Gasteiger partial charge in [-0.2, -0.15) is 0 Å².